The molecule has 12 heteroatoms. The van der Waals surface area contributed by atoms with Gasteiger partial charge in [0.2, 0.25) is 0 Å². The van der Waals surface area contributed by atoms with Crippen molar-refractivity contribution in [2.45, 2.75) is 0 Å². The van der Waals surface area contributed by atoms with Gasteiger partial charge in [-0.2, -0.15) is 0 Å². The first-order chi connectivity index (χ1) is 17.4. The molecule has 0 atom stereocenters. The molecule has 4 aromatic carbocycles. The Morgan fingerprint density at radius 1 is 0.417 bits per heavy atom. The molecule has 0 unspecified atom stereocenters. The van der Waals surface area contributed by atoms with Crippen molar-refractivity contribution in [2.24, 2.45) is 13.5 Å². The molecule has 0 amide bonds. The number of rotatable bonds is 0. The van der Waals surface area contributed by atoms with E-state index in [0.717, 1.165) is 22.3 Å². The molecule has 0 radical (unpaired) electrons. The van der Waals surface area contributed by atoms with Gasteiger partial charge in [-0.1, -0.05) is 77.3 Å². The molecule has 36 heavy (non-hydrogen) atoms. The summed E-state index contributed by atoms with van der Waals surface area (Å²) in [6.45, 7) is 0. The van der Waals surface area contributed by atoms with Crippen LogP contribution in [0.5, 0.6) is 23.0 Å². The van der Waals surface area contributed by atoms with E-state index < -0.39 is 21.2 Å². The molecular formula is C24H16Cl2N3O4P3. The van der Waals surface area contributed by atoms with Gasteiger partial charge < -0.3 is 18.1 Å². The van der Waals surface area contributed by atoms with Gasteiger partial charge in [-0.25, -0.2) is 0 Å². The summed E-state index contributed by atoms with van der Waals surface area (Å²) in [5, 5.41) is 0. The van der Waals surface area contributed by atoms with E-state index in [4.69, 9.17) is 45.1 Å². The van der Waals surface area contributed by atoms with Crippen LogP contribution >= 0.6 is 43.7 Å². The lowest BCUT2D eigenvalue weighted by Gasteiger charge is -2.28. The second kappa shape index (κ2) is 8.18. The van der Waals surface area contributed by atoms with E-state index in [1.54, 1.807) is 0 Å². The Bertz CT molecular complexity index is 1540. The molecule has 0 fully saturated rings. The zero-order chi connectivity index (χ0) is 24.4. The minimum atomic E-state index is -3.55. The van der Waals surface area contributed by atoms with Gasteiger partial charge in [-0.05, 0) is 46.7 Å². The average molecular weight is 574 g/mol. The standard InChI is InChI=1S/C24H16Cl2N3O4P3/c25-34(26)27-35(30-21-13-5-1-9-17(21)18-10-2-6-14-22(18)31-35)29-36(28-34)32-23-15-7-3-11-19(23)20-12-4-8-16-24(20)33-36/h1-16H. The first-order valence-electron chi connectivity index (χ1n) is 10.9. The molecule has 180 valence electrons. The van der Waals surface area contributed by atoms with Crippen molar-refractivity contribution in [2.75, 3.05) is 0 Å². The van der Waals surface area contributed by atoms with E-state index in [9.17, 15) is 0 Å². The molecule has 3 aliphatic rings. The highest BCUT2D eigenvalue weighted by molar-refractivity contribution is 8.13. The Morgan fingerprint density at radius 3 is 1.08 bits per heavy atom. The Balaban J connectivity index is 1.52. The van der Waals surface area contributed by atoms with Crippen LogP contribution < -0.4 is 18.1 Å². The maximum absolute atomic E-state index is 6.75. The van der Waals surface area contributed by atoms with Crippen LogP contribution in [-0.4, -0.2) is 0 Å². The van der Waals surface area contributed by atoms with Crippen molar-refractivity contribution in [1.82, 2.24) is 0 Å². The summed E-state index contributed by atoms with van der Waals surface area (Å²) >= 11 is 13.5. The van der Waals surface area contributed by atoms with Crippen molar-refractivity contribution in [1.29, 1.82) is 0 Å². The number of nitrogens with zero attached hydrogens (tertiary/aromatic N) is 3. The van der Waals surface area contributed by atoms with Gasteiger partial charge in [0.1, 0.15) is 23.0 Å². The second-order valence-electron chi connectivity index (χ2n) is 8.05. The summed E-state index contributed by atoms with van der Waals surface area (Å²) in [5.74, 6) is -1.20. The Morgan fingerprint density at radius 2 is 0.722 bits per heavy atom. The maximum atomic E-state index is 6.75. The highest BCUT2D eigenvalue weighted by Crippen LogP contribution is 2.83. The third-order valence-corrected chi connectivity index (χ3v) is 15.2. The normalized spacial score (nSPS) is 18.8. The van der Waals surface area contributed by atoms with Crippen molar-refractivity contribution in [3.63, 3.8) is 0 Å². The minimum absolute atomic E-state index is 0.548. The summed E-state index contributed by atoms with van der Waals surface area (Å²) < 4.78 is 40.0. The van der Waals surface area contributed by atoms with Crippen molar-refractivity contribution in [3.8, 4) is 45.3 Å². The van der Waals surface area contributed by atoms with Gasteiger partial charge in [0.05, 0.1) is 0 Å². The summed E-state index contributed by atoms with van der Waals surface area (Å²) in [7, 11) is -7.10. The van der Waals surface area contributed by atoms with Crippen molar-refractivity contribution >= 4 is 43.7 Å². The topological polar surface area (TPSA) is 74.0 Å². The quantitative estimate of drug-likeness (QED) is 0.196. The lowest BCUT2D eigenvalue weighted by Crippen LogP contribution is -2.04. The molecule has 0 bridgehead atoms. The first-order valence-corrected chi connectivity index (χ1v) is 17.5. The number of hydrogen-bond donors (Lipinski definition) is 0. The summed E-state index contributed by atoms with van der Waals surface area (Å²) in [5.41, 5.74) is 3.38. The first kappa shape index (κ1) is 22.5. The van der Waals surface area contributed by atoms with Crippen molar-refractivity contribution < 1.29 is 18.1 Å². The Hall–Kier alpha value is -2.65. The van der Waals surface area contributed by atoms with Gasteiger partial charge in [0.25, 0.3) is 5.91 Å². The van der Waals surface area contributed by atoms with Gasteiger partial charge in [-0.15, -0.1) is 9.03 Å². The van der Waals surface area contributed by atoms with Gasteiger partial charge in [0.15, 0.2) is 0 Å². The Labute approximate surface area is 217 Å². The second-order valence-corrected chi connectivity index (χ2v) is 17.2. The Kier molecular flexibility index (Phi) is 5.12. The van der Waals surface area contributed by atoms with Crippen LogP contribution in [-0.2, 0) is 0 Å². The van der Waals surface area contributed by atoms with Gasteiger partial charge >= 0.3 is 15.3 Å². The van der Waals surface area contributed by atoms with Crippen LogP contribution in [0, 0.1) is 0 Å². The van der Waals surface area contributed by atoms with E-state index in [1.807, 2.05) is 97.1 Å². The molecule has 3 heterocycles. The number of benzene rings is 4. The number of para-hydroxylation sites is 4. The van der Waals surface area contributed by atoms with E-state index in [-0.39, 0.29) is 0 Å². The van der Waals surface area contributed by atoms with E-state index in [2.05, 4.69) is 9.03 Å². The summed E-state index contributed by atoms with van der Waals surface area (Å²) in [6.07, 6.45) is 0. The molecule has 0 aromatic heterocycles. The van der Waals surface area contributed by atoms with Crippen LogP contribution in [0.3, 0.4) is 0 Å². The fraction of sp³-hybridized carbons (Fsp3) is 0. The lowest BCUT2D eigenvalue weighted by molar-refractivity contribution is 0.469. The van der Waals surface area contributed by atoms with Crippen LogP contribution in [0.25, 0.3) is 22.3 Å². The van der Waals surface area contributed by atoms with Gasteiger partial charge in [0, 0.05) is 22.3 Å². The monoisotopic (exact) mass is 573 g/mol. The largest absolute Gasteiger partial charge is 0.457 e. The highest BCUT2D eigenvalue weighted by atomic mass is 35.9. The fourth-order valence-electron chi connectivity index (χ4n) is 4.24. The molecular weight excluding hydrogens is 558 g/mol. The fourth-order valence-corrected chi connectivity index (χ4v) is 14.9. The van der Waals surface area contributed by atoms with E-state index >= 15 is 0 Å². The molecule has 0 aliphatic carbocycles. The highest BCUT2D eigenvalue weighted by Gasteiger charge is 2.46. The summed E-state index contributed by atoms with van der Waals surface area (Å²) in [4.78, 5) is 0. The zero-order valence-corrected chi connectivity index (χ0v) is 22.5. The minimum Gasteiger partial charge on any atom is -0.413 e. The molecule has 2 spiro atoms. The molecule has 0 saturated carbocycles. The molecule has 7 rings (SSSR count). The third-order valence-electron chi connectivity index (χ3n) is 5.66. The average Bonchev–Trinajstić information content (AvgIpc) is 3.05. The predicted molar refractivity (Wildman–Crippen MR) is 146 cm³/mol. The SMILES string of the molecule is ClP1(Cl)=NP2(=NP3(=N1)Oc1ccccc1-c1ccccc1O3)Oc1ccccc1-c1ccccc1O2. The number of halogens is 2. The molecule has 3 aliphatic heterocycles. The van der Waals surface area contributed by atoms with Crippen LogP contribution in [0.4, 0.5) is 0 Å². The molecule has 0 N–H and O–H groups in total. The molecule has 7 nitrogen and oxygen atoms in total. The van der Waals surface area contributed by atoms with Gasteiger partial charge in [-0.3, -0.25) is 0 Å². The third kappa shape index (κ3) is 3.78. The number of fused-ring (bicyclic) bond motifs is 6. The van der Waals surface area contributed by atoms with Crippen LogP contribution in [0.2, 0.25) is 0 Å². The zero-order valence-electron chi connectivity index (χ0n) is 18.3. The van der Waals surface area contributed by atoms with Crippen molar-refractivity contribution in [3.05, 3.63) is 97.1 Å². The van der Waals surface area contributed by atoms with E-state index in [0.29, 0.717) is 23.0 Å². The molecule has 0 saturated heterocycles. The predicted octanol–water partition coefficient (Wildman–Crippen LogP) is 10.6. The summed E-state index contributed by atoms with van der Waals surface area (Å²) in [6, 6.07) is 30.4. The van der Waals surface area contributed by atoms with Crippen LogP contribution in [0.15, 0.2) is 111 Å². The number of hydrogen-bond acceptors (Lipinski definition) is 7. The smallest absolute Gasteiger partial charge is 0.413 e. The maximum Gasteiger partial charge on any atom is 0.457 e. The molecule has 4 aromatic rings. The van der Waals surface area contributed by atoms with Crippen LogP contribution in [0.1, 0.15) is 0 Å². The lowest BCUT2D eigenvalue weighted by atomic mass is 10.0. The van der Waals surface area contributed by atoms with E-state index in [1.165, 1.54) is 0 Å².